The fraction of sp³-hybridized carbons (Fsp3) is 0.917. The molecule has 0 aliphatic heterocycles. The number of hydrogen-bond donors (Lipinski definition) is 2. The standard InChI is InChI=1S/C12H21Cl2NO2/c1-5-8(2)11(4,17)7-15-9(16)10(3)6-12(10,13)14/h8,17H,5-7H2,1-4H3,(H,15,16). The largest absolute Gasteiger partial charge is 0.388 e. The molecule has 0 radical (unpaired) electrons. The van der Waals surface area contributed by atoms with Crippen molar-refractivity contribution in [3.05, 3.63) is 0 Å². The molecule has 1 aliphatic rings. The summed E-state index contributed by atoms with van der Waals surface area (Å²) in [5, 5.41) is 12.9. The van der Waals surface area contributed by atoms with E-state index in [1.54, 1.807) is 13.8 Å². The Kier molecular flexibility index (Phi) is 4.08. The molecule has 1 saturated carbocycles. The van der Waals surface area contributed by atoms with Crippen LogP contribution >= 0.6 is 23.2 Å². The summed E-state index contributed by atoms with van der Waals surface area (Å²) in [6.45, 7) is 7.65. The van der Waals surface area contributed by atoms with Crippen molar-refractivity contribution in [2.24, 2.45) is 11.3 Å². The summed E-state index contributed by atoms with van der Waals surface area (Å²) in [4.78, 5) is 11.9. The molecular formula is C12H21Cl2NO2. The van der Waals surface area contributed by atoms with Crippen LogP contribution in [-0.2, 0) is 4.79 Å². The molecule has 2 N–H and O–H groups in total. The van der Waals surface area contributed by atoms with E-state index in [9.17, 15) is 9.90 Å². The number of rotatable bonds is 5. The Morgan fingerprint density at radius 3 is 2.41 bits per heavy atom. The summed E-state index contributed by atoms with van der Waals surface area (Å²) in [5.74, 6) is -0.0716. The monoisotopic (exact) mass is 281 g/mol. The van der Waals surface area contributed by atoms with Gasteiger partial charge in [0.1, 0.15) is 4.33 Å². The number of carbonyl (C=O) groups is 1. The minimum absolute atomic E-state index is 0.117. The van der Waals surface area contributed by atoms with Crippen LogP contribution in [0.15, 0.2) is 0 Å². The molecule has 1 amide bonds. The van der Waals surface area contributed by atoms with Crippen LogP contribution in [0.2, 0.25) is 0 Å². The number of carbonyl (C=O) groups excluding carboxylic acids is 1. The third kappa shape index (κ3) is 2.88. The van der Waals surface area contributed by atoms with Gasteiger partial charge in [-0.3, -0.25) is 4.79 Å². The molecule has 1 fully saturated rings. The number of alkyl halides is 2. The Labute approximate surface area is 113 Å². The van der Waals surface area contributed by atoms with Crippen LogP contribution in [0, 0.1) is 11.3 Å². The molecule has 0 aromatic heterocycles. The molecule has 3 nitrogen and oxygen atoms in total. The Bertz CT molecular complexity index is 318. The average molecular weight is 282 g/mol. The molecule has 17 heavy (non-hydrogen) atoms. The highest BCUT2D eigenvalue weighted by Gasteiger charge is 2.67. The van der Waals surface area contributed by atoms with Gasteiger partial charge < -0.3 is 10.4 Å². The van der Waals surface area contributed by atoms with Crippen molar-refractivity contribution in [3.8, 4) is 0 Å². The van der Waals surface area contributed by atoms with E-state index in [0.29, 0.717) is 6.42 Å². The van der Waals surface area contributed by atoms with E-state index in [2.05, 4.69) is 5.32 Å². The van der Waals surface area contributed by atoms with Gasteiger partial charge in [0, 0.05) is 6.54 Å². The number of nitrogens with one attached hydrogen (secondary N) is 1. The van der Waals surface area contributed by atoms with E-state index in [4.69, 9.17) is 23.2 Å². The zero-order valence-corrected chi connectivity index (χ0v) is 12.3. The molecular weight excluding hydrogens is 261 g/mol. The van der Waals surface area contributed by atoms with Crippen LogP contribution in [0.3, 0.4) is 0 Å². The molecule has 0 heterocycles. The van der Waals surface area contributed by atoms with E-state index in [1.165, 1.54) is 0 Å². The van der Waals surface area contributed by atoms with Crippen molar-refractivity contribution in [1.29, 1.82) is 0 Å². The van der Waals surface area contributed by atoms with Crippen molar-refractivity contribution in [2.75, 3.05) is 6.54 Å². The first kappa shape index (κ1) is 15.1. The molecule has 1 rings (SSSR count). The Hall–Kier alpha value is 0.01000. The van der Waals surface area contributed by atoms with Crippen LogP contribution in [0.4, 0.5) is 0 Å². The quantitative estimate of drug-likeness (QED) is 0.761. The lowest BCUT2D eigenvalue weighted by molar-refractivity contribution is -0.127. The lowest BCUT2D eigenvalue weighted by atomic mass is 9.88. The topological polar surface area (TPSA) is 49.3 Å². The summed E-state index contributed by atoms with van der Waals surface area (Å²) < 4.78 is -0.959. The highest BCUT2D eigenvalue weighted by atomic mass is 35.5. The van der Waals surface area contributed by atoms with Gasteiger partial charge in [0.15, 0.2) is 0 Å². The Morgan fingerprint density at radius 2 is 2.06 bits per heavy atom. The second-order valence-corrected chi connectivity index (χ2v) is 7.05. The third-order valence-corrected chi connectivity index (χ3v) is 5.14. The number of aliphatic hydroxyl groups is 1. The summed E-state index contributed by atoms with van der Waals surface area (Å²) in [6.07, 6.45) is 1.31. The summed E-state index contributed by atoms with van der Waals surface area (Å²) in [7, 11) is 0. The van der Waals surface area contributed by atoms with E-state index in [-0.39, 0.29) is 18.4 Å². The molecule has 0 saturated heterocycles. The van der Waals surface area contributed by atoms with Gasteiger partial charge in [-0.15, -0.1) is 23.2 Å². The third-order valence-electron chi connectivity index (χ3n) is 4.04. The zero-order valence-electron chi connectivity index (χ0n) is 10.8. The molecule has 0 aromatic carbocycles. The highest BCUT2D eigenvalue weighted by Crippen LogP contribution is 2.63. The van der Waals surface area contributed by atoms with Crippen molar-refractivity contribution in [1.82, 2.24) is 5.32 Å². The zero-order chi connectivity index (χ0) is 13.5. The first-order valence-corrected chi connectivity index (χ1v) is 6.71. The van der Waals surface area contributed by atoms with Crippen molar-refractivity contribution >= 4 is 29.1 Å². The smallest absolute Gasteiger partial charge is 0.229 e. The molecule has 0 spiro atoms. The summed E-state index contributed by atoms with van der Waals surface area (Å²) >= 11 is 11.9. The Balaban J connectivity index is 2.50. The maximum atomic E-state index is 11.9. The molecule has 100 valence electrons. The second-order valence-electron chi connectivity index (χ2n) is 5.56. The van der Waals surface area contributed by atoms with E-state index >= 15 is 0 Å². The van der Waals surface area contributed by atoms with Gasteiger partial charge >= 0.3 is 0 Å². The van der Waals surface area contributed by atoms with Crippen LogP contribution in [0.1, 0.15) is 40.5 Å². The van der Waals surface area contributed by atoms with Gasteiger partial charge in [0.05, 0.1) is 11.0 Å². The second kappa shape index (κ2) is 4.60. The molecule has 3 atom stereocenters. The fourth-order valence-electron chi connectivity index (χ4n) is 1.71. The van der Waals surface area contributed by atoms with Gasteiger partial charge in [-0.25, -0.2) is 0 Å². The lowest BCUT2D eigenvalue weighted by Gasteiger charge is -2.30. The van der Waals surface area contributed by atoms with E-state index < -0.39 is 15.3 Å². The van der Waals surface area contributed by atoms with E-state index in [1.807, 2.05) is 13.8 Å². The molecule has 0 aromatic rings. The van der Waals surface area contributed by atoms with Crippen LogP contribution in [-0.4, -0.2) is 27.5 Å². The first-order chi connectivity index (χ1) is 7.57. The normalized spacial score (nSPS) is 31.5. The average Bonchev–Trinajstić information content (AvgIpc) is 2.75. The number of hydrogen-bond acceptors (Lipinski definition) is 2. The van der Waals surface area contributed by atoms with Crippen molar-refractivity contribution in [2.45, 2.75) is 50.5 Å². The first-order valence-electron chi connectivity index (χ1n) is 5.95. The van der Waals surface area contributed by atoms with Gasteiger partial charge in [-0.2, -0.15) is 0 Å². The summed E-state index contributed by atoms with van der Waals surface area (Å²) in [6, 6.07) is 0. The molecule has 1 aliphatic carbocycles. The maximum Gasteiger partial charge on any atom is 0.229 e. The van der Waals surface area contributed by atoms with Gasteiger partial charge in [0.25, 0.3) is 0 Å². The lowest BCUT2D eigenvalue weighted by Crippen LogP contribution is -2.47. The van der Waals surface area contributed by atoms with Gasteiger partial charge in [-0.1, -0.05) is 20.3 Å². The van der Waals surface area contributed by atoms with E-state index in [0.717, 1.165) is 6.42 Å². The fourth-order valence-corrected chi connectivity index (χ4v) is 2.42. The highest BCUT2D eigenvalue weighted by molar-refractivity contribution is 6.53. The molecule has 5 heteroatoms. The van der Waals surface area contributed by atoms with Crippen LogP contribution < -0.4 is 5.32 Å². The molecule has 0 bridgehead atoms. The molecule has 3 unspecified atom stereocenters. The van der Waals surface area contributed by atoms with Crippen molar-refractivity contribution < 1.29 is 9.90 Å². The predicted molar refractivity (Wildman–Crippen MR) is 70.2 cm³/mol. The minimum Gasteiger partial charge on any atom is -0.388 e. The van der Waals surface area contributed by atoms with Crippen LogP contribution in [0.5, 0.6) is 0 Å². The number of amides is 1. The maximum absolute atomic E-state index is 11.9. The SMILES string of the molecule is CCC(C)C(C)(O)CNC(=O)C1(C)CC1(Cl)Cl. The predicted octanol–water partition coefficient (Wildman–Crippen LogP) is 2.48. The summed E-state index contributed by atoms with van der Waals surface area (Å²) in [5.41, 5.74) is -1.63. The Morgan fingerprint density at radius 1 is 1.59 bits per heavy atom. The minimum atomic E-state index is -0.959. The van der Waals surface area contributed by atoms with Crippen LogP contribution in [0.25, 0.3) is 0 Å². The van der Waals surface area contributed by atoms with Gasteiger partial charge in [-0.05, 0) is 26.2 Å². The van der Waals surface area contributed by atoms with Gasteiger partial charge in [0.2, 0.25) is 5.91 Å². The number of halogens is 2. The van der Waals surface area contributed by atoms with Crippen molar-refractivity contribution in [3.63, 3.8) is 0 Å².